The van der Waals surface area contributed by atoms with Crippen molar-refractivity contribution in [3.05, 3.63) is 0 Å². The Kier molecular flexibility index (Phi) is 5.22. The van der Waals surface area contributed by atoms with E-state index in [1.54, 1.807) is 0 Å². The normalized spacial score (nSPS) is 13.1. The Hall–Kier alpha value is -1.04. The summed E-state index contributed by atoms with van der Waals surface area (Å²) in [4.78, 5) is 11.4. The van der Waals surface area contributed by atoms with Crippen LogP contribution in [0.4, 0.5) is 0 Å². The fourth-order valence-corrected chi connectivity index (χ4v) is 1.02. The SMILES string of the molecule is CCC(C#N)C(=O)NCCC(C)(C)C. The first-order chi connectivity index (χ1) is 6.40. The molecular formula is C11H20N2O. The Morgan fingerprint density at radius 1 is 1.50 bits per heavy atom. The molecule has 0 rings (SSSR count). The van der Waals surface area contributed by atoms with E-state index in [2.05, 4.69) is 26.1 Å². The van der Waals surface area contributed by atoms with Crippen LogP contribution in [0.5, 0.6) is 0 Å². The van der Waals surface area contributed by atoms with Crippen molar-refractivity contribution in [2.45, 2.75) is 40.5 Å². The van der Waals surface area contributed by atoms with Crippen LogP contribution in [-0.4, -0.2) is 12.5 Å². The van der Waals surface area contributed by atoms with Crippen LogP contribution >= 0.6 is 0 Å². The van der Waals surface area contributed by atoms with Crippen LogP contribution in [-0.2, 0) is 4.79 Å². The predicted octanol–water partition coefficient (Wildman–Crippen LogP) is 2.09. The minimum atomic E-state index is -0.491. The molecule has 0 aromatic carbocycles. The van der Waals surface area contributed by atoms with E-state index in [0.717, 1.165) is 6.42 Å². The van der Waals surface area contributed by atoms with Gasteiger partial charge in [0.2, 0.25) is 5.91 Å². The van der Waals surface area contributed by atoms with E-state index in [1.807, 2.05) is 13.0 Å². The van der Waals surface area contributed by atoms with Gasteiger partial charge in [-0.25, -0.2) is 0 Å². The van der Waals surface area contributed by atoms with Crippen molar-refractivity contribution in [2.24, 2.45) is 11.3 Å². The maximum atomic E-state index is 11.4. The molecule has 0 aliphatic carbocycles. The average Bonchev–Trinajstić information content (AvgIpc) is 2.04. The minimum Gasteiger partial charge on any atom is -0.355 e. The van der Waals surface area contributed by atoms with Gasteiger partial charge in [-0.05, 0) is 18.3 Å². The fourth-order valence-electron chi connectivity index (χ4n) is 1.02. The Morgan fingerprint density at radius 2 is 2.07 bits per heavy atom. The van der Waals surface area contributed by atoms with Crippen molar-refractivity contribution in [2.75, 3.05) is 6.54 Å². The van der Waals surface area contributed by atoms with Gasteiger partial charge in [0.15, 0.2) is 0 Å². The van der Waals surface area contributed by atoms with Crippen LogP contribution in [0.2, 0.25) is 0 Å². The molecule has 0 aromatic rings. The highest BCUT2D eigenvalue weighted by molar-refractivity contribution is 5.80. The summed E-state index contributed by atoms with van der Waals surface area (Å²) in [5.74, 6) is -0.630. The minimum absolute atomic E-state index is 0.140. The molecular weight excluding hydrogens is 176 g/mol. The molecule has 1 atom stereocenters. The molecule has 3 heteroatoms. The molecule has 0 radical (unpaired) electrons. The van der Waals surface area contributed by atoms with Crippen molar-refractivity contribution >= 4 is 5.91 Å². The number of nitrogens with zero attached hydrogens (tertiary/aromatic N) is 1. The maximum Gasteiger partial charge on any atom is 0.237 e. The monoisotopic (exact) mass is 196 g/mol. The number of nitriles is 1. The van der Waals surface area contributed by atoms with E-state index in [9.17, 15) is 4.79 Å². The van der Waals surface area contributed by atoms with Crippen LogP contribution in [0, 0.1) is 22.7 Å². The molecule has 0 bridgehead atoms. The van der Waals surface area contributed by atoms with E-state index in [0.29, 0.717) is 13.0 Å². The van der Waals surface area contributed by atoms with Gasteiger partial charge in [0, 0.05) is 6.54 Å². The number of amides is 1. The lowest BCUT2D eigenvalue weighted by atomic mass is 9.92. The first kappa shape index (κ1) is 13.0. The molecule has 0 fully saturated rings. The zero-order chi connectivity index (χ0) is 11.2. The highest BCUT2D eigenvalue weighted by Crippen LogP contribution is 2.17. The number of rotatable bonds is 4. The largest absolute Gasteiger partial charge is 0.355 e. The smallest absolute Gasteiger partial charge is 0.237 e. The van der Waals surface area contributed by atoms with E-state index in [4.69, 9.17) is 5.26 Å². The van der Waals surface area contributed by atoms with E-state index >= 15 is 0 Å². The van der Waals surface area contributed by atoms with Gasteiger partial charge in [0.05, 0.1) is 6.07 Å². The van der Waals surface area contributed by atoms with Crippen molar-refractivity contribution in [3.63, 3.8) is 0 Å². The van der Waals surface area contributed by atoms with Gasteiger partial charge >= 0.3 is 0 Å². The number of carbonyl (C=O) groups excluding carboxylic acids is 1. The van der Waals surface area contributed by atoms with Gasteiger partial charge in [0.25, 0.3) is 0 Å². The molecule has 0 heterocycles. The molecule has 0 aliphatic heterocycles. The molecule has 1 unspecified atom stereocenters. The van der Waals surface area contributed by atoms with Crippen LogP contribution in [0.3, 0.4) is 0 Å². The zero-order valence-corrected chi connectivity index (χ0v) is 9.55. The highest BCUT2D eigenvalue weighted by atomic mass is 16.1. The van der Waals surface area contributed by atoms with Gasteiger partial charge in [-0.1, -0.05) is 27.7 Å². The summed E-state index contributed by atoms with van der Waals surface area (Å²) in [6.45, 7) is 8.87. The number of hydrogen-bond acceptors (Lipinski definition) is 2. The second-order valence-electron chi connectivity index (χ2n) is 4.69. The molecule has 1 N–H and O–H groups in total. The van der Waals surface area contributed by atoms with Crippen molar-refractivity contribution in [1.82, 2.24) is 5.32 Å². The predicted molar refractivity (Wildman–Crippen MR) is 56.5 cm³/mol. The van der Waals surface area contributed by atoms with Crippen LogP contribution in [0.15, 0.2) is 0 Å². The van der Waals surface area contributed by atoms with E-state index in [1.165, 1.54) is 0 Å². The van der Waals surface area contributed by atoms with Crippen LogP contribution < -0.4 is 5.32 Å². The number of hydrogen-bond donors (Lipinski definition) is 1. The first-order valence-electron chi connectivity index (χ1n) is 5.08. The summed E-state index contributed by atoms with van der Waals surface area (Å²) in [6.07, 6.45) is 1.51. The van der Waals surface area contributed by atoms with Crippen molar-refractivity contribution in [1.29, 1.82) is 5.26 Å². The number of carbonyl (C=O) groups is 1. The molecule has 80 valence electrons. The lowest BCUT2D eigenvalue weighted by Gasteiger charge is -2.18. The Morgan fingerprint density at radius 3 is 2.43 bits per heavy atom. The van der Waals surface area contributed by atoms with Gasteiger partial charge in [0.1, 0.15) is 5.92 Å². The highest BCUT2D eigenvalue weighted by Gasteiger charge is 2.16. The Balaban J connectivity index is 3.81. The summed E-state index contributed by atoms with van der Waals surface area (Å²) >= 11 is 0. The second kappa shape index (κ2) is 5.64. The fraction of sp³-hybridized carbons (Fsp3) is 0.818. The molecule has 0 aromatic heterocycles. The third-order valence-corrected chi connectivity index (χ3v) is 2.05. The number of nitrogens with one attached hydrogen (secondary N) is 1. The third-order valence-electron chi connectivity index (χ3n) is 2.05. The standard InChI is InChI=1S/C11H20N2O/c1-5-9(8-12)10(14)13-7-6-11(2,3)4/h9H,5-7H2,1-4H3,(H,13,14). The van der Waals surface area contributed by atoms with Crippen LogP contribution in [0.1, 0.15) is 40.5 Å². The summed E-state index contributed by atoms with van der Waals surface area (Å²) < 4.78 is 0. The van der Waals surface area contributed by atoms with Gasteiger partial charge in [-0.2, -0.15) is 5.26 Å². The van der Waals surface area contributed by atoms with Crippen molar-refractivity contribution in [3.8, 4) is 6.07 Å². The molecule has 0 aliphatic rings. The first-order valence-corrected chi connectivity index (χ1v) is 5.08. The molecule has 0 spiro atoms. The quantitative estimate of drug-likeness (QED) is 0.748. The van der Waals surface area contributed by atoms with Gasteiger partial charge in [-0.15, -0.1) is 0 Å². The Bertz CT molecular complexity index is 222. The molecule has 0 saturated carbocycles. The third kappa shape index (κ3) is 5.58. The second-order valence-corrected chi connectivity index (χ2v) is 4.69. The summed E-state index contributed by atoms with van der Waals surface area (Å²) in [5.41, 5.74) is 0.224. The average molecular weight is 196 g/mol. The zero-order valence-electron chi connectivity index (χ0n) is 9.55. The molecule has 3 nitrogen and oxygen atoms in total. The molecule has 1 amide bonds. The lowest BCUT2D eigenvalue weighted by molar-refractivity contribution is -0.123. The van der Waals surface area contributed by atoms with E-state index < -0.39 is 5.92 Å². The topological polar surface area (TPSA) is 52.9 Å². The van der Waals surface area contributed by atoms with Gasteiger partial charge < -0.3 is 5.32 Å². The lowest BCUT2D eigenvalue weighted by Crippen LogP contribution is -2.32. The molecule has 0 saturated heterocycles. The summed E-state index contributed by atoms with van der Waals surface area (Å²) in [6, 6.07) is 1.99. The van der Waals surface area contributed by atoms with Crippen LogP contribution in [0.25, 0.3) is 0 Å². The Labute approximate surface area is 86.5 Å². The summed E-state index contributed by atoms with van der Waals surface area (Å²) in [7, 11) is 0. The summed E-state index contributed by atoms with van der Waals surface area (Å²) in [5, 5.41) is 11.4. The van der Waals surface area contributed by atoms with Gasteiger partial charge in [-0.3, -0.25) is 4.79 Å². The maximum absolute atomic E-state index is 11.4. The van der Waals surface area contributed by atoms with E-state index in [-0.39, 0.29) is 11.3 Å². The molecule has 14 heavy (non-hydrogen) atoms. The van der Waals surface area contributed by atoms with Crippen molar-refractivity contribution < 1.29 is 4.79 Å².